The Morgan fingerprint density at radius 2 is 2.00 bits per heavy atom. The van der Waals surface area contributed by atoms with Crippen molar-refractivity contribution >= 4 is 0 Å². The van der Waals surface area contributed by atoms with Gasteiger partial charge in [0.25, 0.3) is 0 Å². The molecule has 1 aliphatic carbocycles. The van der Waals surface area contributed by atoms with Crippen LogP contribution in [0.1, 0.15) is 39.5 Å². The minimum atomic E-state index is -0.0189. The van der Waals surface area contributed by atoms with E-state index in [4.69, 9.17) is 5.73 Å². The van der Waals surface area contributed by atoms with Gasteiger partial charge in [-0.15, -0.1) is 0 Å². The maximum atomic E-state index is 9.21. The second-order valence-corrected chi connectivity index (χ2v) is 6.23. The van der Waals surface area contributed by atoms with Crippen LogP contribution in [-0.4, -0.2) is 42.8 Å². The summed E-state index contributed by atoms with van der Waals surface area (Å²) in [6.45, 7) is 7.52. The van der Waals surface area contributed by atoms with Gasteiger partial charge in [-0.25, -0.2) is 0 Å². The van der Waals surface area contributed by atoms with E-state index >= 15 is 0 Å². The highest BCUT2D eigenvalue weighted by atomic mass is 16.3. The molecule has 0 radical (unpaired) electrons. The zero-order valence-corrected chi connectivity index (χ0v) is 11.1. The summed E-state index contributed by atoms with van der Waals surface area (Å²) in [5.74, 6) is 0.725. The highest BCUT2D eigenvalue weighted by molar-refractivity contribution is 4.80. The van der Waals surface area contributed by atoms with Gasteiger partial charge in [0.15, 0.2) is 0 Å². The van der Waals surface area contributed by atoms with E-state index in [2.05, 4.69) is 25.8 Å². The maximum Gasteiger partial charge on any atom is 0.0546 e. The summed E-state index contributed by atoms with van der Waals surface area (Å²) >= 11 is 0. The summed E-state index contributed by atoms with van der Waals surface area (Å²) < 4.78 is 0. The molecular formula is C13H28N2O. The number of hydrogen-bond acceptors (Lipinski definition) is 3. The lowest BCUT2D eigenvalue weighted by Gasteiger charge is -2.34. The Hall–Kier alpha value is -0.120. The molecule has 0 spiro atoms. The zero-order chi connectivity index (χ0) is 12.2. The summed E-state index contributed by atoms with van der Waals surface area (Å²) in [4.78, 5) is 2.39. The normalized spacial score (nSPS) is 25.9. The molecule has 0 aromatic heterocycles. The molecule has 0 aliphatic heterocycles. The highest BCUT2D eigenvalue weighted by Gasteiger charge is 2.27. The number of hydrogen-bond donors (Lipinski definition) is 2. The van der Waals surface area contributed by atoms with Crippen LogP contribution < -0.4 is 5.73 Å². The fourth-order valence-corrected chi connectivity index (χ4v) is 2.31. The Bertz CT molecular complexity index is 200. The SMILES string of the molecule is CN(CCCC(C)(C)CN)CC1CC(O)C1. The molecule has 0 bridgehead atoms. The van der Waals surface area contributed by atoms with Gasteiger partial charge < -0.3 is 15.7 Å². The van der Waals surface area contributed by atoms with Crippen molar-refractivity contribution in [2.75, 3.05) is 26.7 Å². The summed E-state index contributed by atoms with van der Waals surface area (Å²) in [5.41, 5.74) is 5.99. The van der Waals surface area contributed by atoms with Crippen molar-refractivity contribution in [1.82, 2.24) is 4.90 Å². The maximum absolute atomic E-state index is 9.21. The van der Waals surface area contributed by atoms with Gasteiger partial charge >= 0.3 is 0 Å². The predicted octanol–water partition coefficient (Wildman–Crippen LogP) is 1.45. The van der Waals surface area contributed by atoms with Crippen molar-refractivity contribution in [2.45, 2.75) is 45.6 Å². The zero-order valence-electron chi connectivity index (χ0n) is 11.1. The summed E-state index contributed by atoms with van der Waals surface area (Å²) in [7, 11) is 2.18. The van der Waals surface area contributed by atoms with E-state index in [1.54, 1.807) is 0 Å². The Morgan fingerprint density at radius 3 is 2.50 bits per heavy atom. The fourth-order valence-electron chi connectivity index (χ4n) is 2.31. The first-order valence-corrected chi connectivity index (χ1v) is 6.49. The van der Waals surface area contributed by atoms with Crippen LogP contribution in [-0.2, 0) is 0 Å². The Kier molecular flexibility index (Phi) is 5.22. The molecule has 3 N–H and O–H groups in total. The van der Waals surface area contributed by atoms with Crippen molar-refractivity contribution in [1.29, 1.82) is 0 Å². The third-order valence-corrected chi connectivity index (χ3v) is 3.73. The molecule has 0 atom stereocenters. The molecule has 16 heavy (non-hydrogen) atoms. The second kappa shape index (κ2) is 5.99. The number of rotatable bonds is 7. The molecule has 1 rings (SSSR count). The molecule has 1 saturated carbocycles. The van der Waals surface area contributed by atoms with E-state index in [0.717, 1.165) is 38.4 Å². The Balaban J connectivity index is 2.04. The first-order chi connectivity index (χ1) is 7.43. The molecular weight excluding hydrogens is 200 g/mol. The predicted molar refractivity (Wildman–Crippen MR) is 68.3 cm³/mol. The summed E-state index contributed by atoms with van der Waals surface area (Å²) in [5, 5.41) is 9.21. The number of nitrogens with zero attached hydrogens (tertiary/aromatic N) is 1. The van der Waals surface area contributed by atoms with E-state index in [1.807, 2.05) is 0 Å². The van der Waals surface area contributed by atoms with Crippen LogP contribution in [0.2, 0.25) is 0 Å². The van der Waals surface area contributed by atoms with Crippen LogP contribution in [0.4, 0.5) is 0 Å². The molecule has 1 aliphatic rings. The van der Waals surface area contributed by atoms with Gasteiger partial charge in [-0.1, -0.05) is 13.8 Å². The lowest BCUT2D eigenvalue weighted by Crippen LogP contribution is -2.37. The third kappa shape index (κ3) is 4.81. The average molecular weight is 228 g/mol. The molecule has 0 amide bonds. The molecule has 3 nitrogen and oxygen atoms in total. The van der Waals surface area contributed by atoms with Crippen LogP contribution in [0.3, 0.4) is 0 Å². The first-order valence-electron chi connectivity index (χ1n) is 6.49. The van der Waals surface area contributed by atoms with Crippen molar-refractivity contribution < 1.29 is 5.11 Å². The fraction of sp³-hybridized carbons (Fsp3) is 1.00. The van der Waals surface area contributed by atoms with E-state index in [0.29, 0.717) is 0 Å². The Morgan fingerprint density at radius 1 is 1.38 bits per heavy atom. The molecule has 96 valence electrons. The number of aliphatic hydroxyl groups is 1. The van der Waals surface area contributed by atoms with Crippen LogP contribution in [0.15, 0.2) is 0 Å². The van der Waals surface area contributed by atoms with Crippen LogP contribution in [0.25, 0.3) is 0 Å². The quantitative estimate of drug-likeness (QED) is 0.693. The van der Waals surface area contributed by atoms with E-state index in [9.17, 15) is 5.11 Å². The summed E-state index contributed by atoms with van der Waals surface area (Å²) in [6.07, 6.45) is 4.39. The molecule has 3 heteroatoms. The monoisotopic (exact) mass is 228 g/mol. The minimum Gasteiger partial charge on any atom is -0.393 e. The third-order valence-electron chi connectivity index (χ3n) is 3.73. The Labute approximate surface area is 100 Å². The van der Waals surface area contributed by atoms with Crippen molar-refractivity contribution in [3.05, 3.63) is 0 Å². The van der Waals surface area contributed by atoms with Gasteiger partial charge in [-0.05, 0) is 57.2 Å². The molecule has 0 aromatic carbocycles. The van der Waals surface area contributed by atoms with Gasteiger partial charge in [-0.2, -0.15) is 0 Å². The first kappa shape index (κ1) is 13.9. The molecule has 0 unspecified atom stereocenters. The van der Waals surface area contributed by atoms with Crippen LogP contribution in [0, 0.1) is 11.3 Å². The van der Waals surface area contributed by atoms with Gasteiger partial charge in [0.2, 0.25) is 0 Å². The lowest BCUT2D eigenvalue weighted by atomic mass is 9.82. The molecule has 0 saturated heterocycles. The van der Waals surface area contributed by atoms with Gasteiger partial charge in [0, 0.05) is 6.54 Å². The average Bonchev–Trinajstić information content (AvgIpc) is 2.15. The van der Waals surface area contributed by atoms with Crippen LogP contribution in [0.5, 0.6) is 0 Å². The number of nitrogens with two attached hydrogens (primary N) is 1. The van der Waals surface area contributed by atoms with E-state index in [1.165, 1.54) is 12.8 Å². The van der Waals surface area contributed by atoms with Gasteiger partial charge in [0.1, 0.15) is 0 Å². The van der Waals surface area contributed by atoms with Crippen molar-refractivity contribution in [3.63, 3.8) is 0 Å². The minimum absolute atomic E-state index is 0.0189. The van der Waals surface area contributed by atoms with E-state index in [-0.39, 0.29) is 11.5 Å². The largest absolute Gasteiger partial charge is 0.393 e. The smallest absolute Gasteiger partial charge is 0.0546 e. The van der Waals surface area contributed by atoms with Gasteiger partial charge in [0.05, 0.1) is 6.10 Å². The van der Waals surface area contributed by atoms with Crippen molar-refractivity contribution in [3.8, 4) is 0 Å². The highest BCUT2D eigenvalue weighted by Crippen LogP contribution is 2.27. The second-order valence-electron chi connectivity index (χ2n) is 6.23. The molecule has 0 heterocycles. The standard InChI is InChI=1S/C13H28N2O/c1-13(2,10-14)5-4-6-15(3)9-11-7-12(16)8-11/h11-12,16H,4-10,14H2,1-3H3. The van der Waals surface area contributed by atoms with E-state index < -0.39 is 0 Å². The van der Waals surface area contributed by atoms with Crippen molar-refractivity contribution in [2.24, 2.45) is 17.1 Å². The van der Waals surface area contributed by atoms with Gasteiger partial charge in [-0.3, -0.25) is 0 Å². The molecule has 0 aromatic rings. The topological polar surface area (TPSA) is 49.5 Å². The number of aliphatic hydroxyl groups excluding tert-OH is 1. The molecule has 1 fully saturated rings. The lowest BCUT2D eigenvalue weighted by molar-refractivity contribution is 0.0279. The van der Waals surface area contributed by atoms with Crippen LogP contribution >= 0.6 is 0 Å². The summed E-state index contributed by atoms with van der Waals surface area (Å²) in [6, 6.07) is 0.